The molecule has 0 aliphatic heterocycles. The van der Waals surface area contributed by atoms with Gasteiger partial charge >= 0.3 is 0 Å². The predicted molar refractivity (Wildman–Crippen MR) is 45.6 cm³/mol. The Morgan fingerprint density at radius 3 is 2.82 bits per heavy atom. The monoisotopic (exact) mass is 166 g/mol. The summed E-state index contributed by atoms with van der Waals surface area (Å²) in [6.45, 7) is 0.281. The molecule has 0 saturated carbocycles. The molecule has 0 heterocycles. The Morgan fingerprint density at radius 2 is 2.18 bits per heavy atom. The zero-order valence-electron chi connectivity index (χ0n) is 5.84. The van der Waals surface area contributed by atoms with Crippen LogP contribution >= 0.6 is 11.6 Å². The maximum absolute atomic E-state index is 8.26. The number of nitriles is 1. The molecule has 0 aliphatic carbocycles. The highest BCUT2D eigenvalue weighted by molar-refractivity contribution is 6.33. The van der Waals surface area contributed by atoms with Crippen LogP contribution in [0.2, 0.25) is 5.02 Å². The minimum atomic E-state index is 0.281. The van der Waals surface area contributed by atoms with E-state index in [-0.39, 0.29) is 6.54 Å². The lowest BCUT2D eigenvalue weighted by molar-refractivity contribution is 1.32. The highest BCUT2D eigenvalue weighted by Crippen LogP contribution is 2.19. The summed E-state index contributed by atoms with van der Waals surface area (Å²) in [6, 6.07) is 9.30. The highest BCUT2D eigenvalue weighted by Gasteiger charge is 1.94. The smallest absolute Gasteiger partial charge is 0.103 e. The van der Waals surface area contributed by atoms with Gasteiger partial charge in [0.05, 0.1) is 16.8 Å². The van der Waals surface area contributed by atoms with Gasteiger partial charge in [0.25, 0.3) is 0 Å². The van der Waals surface area contributed by atoms with E-state index < -0.39 is 0 Å². The van der Waals surface area contributed by atoms with Crippen molar-refractivity contribution in [2.24, 2.45) is 0 Å². The summed E-state index contributed by atoms with van der Waals surface area (Å²) in [5.41, 5.74) is 0.802. The van der Waals surface area contributed by atoms with E-state index in [0.717, 1.165) is 5.69 Å². The van der Waals surface area contributed by atoms with Crippen LogP contribution in [-0.2, 0) is 0 Å². The summed E-state index contributed by atoms with van der Waals surface area (Å²) >= 11 is 5.79. The Labute approximate surface area is 70.4 Å². The van der Waals surface area contributed by atoms with E-state index >= 15 is 0 Å². The predicted octanol–water partition coefficient (Wildman–Crippen LogP) is 2.28. The van der Waals surface area contributed by atoms with Crippen LogP contribution in [0.3, 0.4) is 0 Å². The van der Waals surface area contributed by atoms with Crippen LogP contribution in [-0.4, -0.2) is 6.54 Å². The maximum atomic E-state index is 8.26. The van der Waals surface area contributed by atoms with E-state index in [1.807, 2.05) is 24.3 Å². The first kappa shape index (κ1) is 7.90. The lowest BCUT2D eigenvalue weighted by atomic mass is 10.3. The molecule has 0 atom stereocenters. The van der Waals surface area contributed by atoms with Crippen molar-refractivity contribution in [2.75, 3.05) is 11.9 Å². The Bertz CT molecular complexity index is 278. The van der Waals surface area contributed by atoms with Crippen molar-refractivity contribution >= 4 is 17.3 Å². The maximum Gasteiger partial charge on any atom is 0.103 e. The molecule has 0 aliphatic rings. The quantitative estimate of drug-likeness (QED) is 0.685. The van der Waals surface area contributed by atoms with Crippen molar-refractivity contribution in [1.82, 2.24) is 0 Å². The molecule has 2 nitrogen and oxygen atoms in total. The third kappa shape index (κ3) is 2.14. The fourth-order valence-electron chi connectivity index (χ4n) is 0.739. The van der Waals surface area contributed by atoms with Gasteiger partial charge in [-0.05, 0) is 12.1 Å². The summed E-state index contributed by atoms with van der Waals surface area (Å²) < 4.78 is 0. The number of nitrogens with one attached hydrogen (secondary N) is 1. The van der Waals surface area contributed by atoms with Crippen molar-refractivity contribution in [3.63, 3.8) is 0 Å². The zero-order chi connectivity index (χ0) is 8.10. The molecule has 0 spiro atoms. The van der Waals surface area contributed by atoms with Gasteiger partial charge in [-0.3, -0.25) is 0 Å². The van der Waals surface area contributed by atoms with Crippen LogP contribution < -0.4 is 5.32 Å². The molecule has 0 fully saturated rings. The SMILES string of the molecule is N#CCNc1ccccc1Cl. The molecule has 0 bridgehead atoms. The third-order valence-electron chi connectivity index (χ3n) is 1.23. The Balaban J connectivity index is 2.71. The second-order valence-corrected chi connectivity index (χ2v) is 2.40. The Kier molecular flexibility index (Phi) is 2.76. The van der Waals surface area contributed by atoms with Crippen molar-refractivity contribution in [2.45, 2.75) is 0 Å². The van der Waals surface area contributed by atoms with Gasteiger partial charge in [0, 0.05) is 0 Å². The summed E-state index contributed by atoms with van der Waals surface area (Å²) in [5.74, 6) is 0. The number of benzene rings is 1. The summed E-state index contributed by atoms with van der Waals surface area (Å²) in [6.07, 6.45) is 0. The third-order valence-corrected chi connectivity index (χ3v) is 1.56. The average Bonchev–Trinajstić information content (AvgIpc) is 2.03. The van der Waals surface area contributed by atoms with E-state index in [4.69, 9.17) is 16.9 Å². The second-order valence-electron chi connectivity index (χ2n) is 1.99. The summed E-state index contributed by atoms with van der Waals surface area (Å²) in [5, 5.41) is 11.8. The number of para-hydroxylation sites is 1. The molecule has 0 unspecified atom stereocenters. The molecule has 0 saturated heterocycles. The fourth-order valence-corrected chi connectivity index (χ4v) is 0.942. The van der Waals surface area contributed by atoms with Gasteiger partial charge < -0.3 is 5.32 Å². The van der Waals surface area contributed by atoms with Crippen LogP contribution in [0.5, 0.6) is 0 Å². The van der Waals surface area contributed by atoms with Crippen LogP contribution in [0.1, 0.15) is 0 Å². The molecule has 3 heteroatoms. The normalized spacial score (nSPS) is 8.73. The minimum absolute atomic E-state index is 0.281. The van der Waals surface area contributed by atoms with Crippen LogP contribution in [0.4, 0.5) is 5.69 Å². The van der Waals surface area contributed by atoms with Gasteiger partial charge in [-0.25, -0.2) is 0 Å². The van der Waals surface area contributed by atoms with E-state index in [0.29, 0.717) is 5.02 Å². The van der Waals surface area contributed by atoms with Crippen molar-refractivity contribution in [3.05, 3.63) is 29.3 Å². The minimum Gasteiger partial charge on any atom is -0.371 e. The van der Waals surface area contributed by atoms with Gasteiger partial charge in [0.15, 0.2) is 0 Å². The molecule has 1 rings (SSSR count). The first-order valence-corrected chi connectivity index (χ1v) is 3.58. The lowest BCUT2D eigenvalue weighted by Crippen LogP contribution is -1.97. The van der Waals surface area contributed by atoms with Gasteiger partial charge in [-0.2, -0.15) is 5.26 Å². The van der Waals surface area contributed by atoms with Gasteiger partial charge in [0.1, 0.15) is 6.54 Å². The molecule has 1 N–H and O–H groups in total. The standard InChI is InChI=1S/C8H7ClN2/c9-7-3-1-2-4-8(7)11-6-5-10/h1-4,11H,6H2. The molecular formula is C8H7ClN2. The first-order chi connectivity index (χ1) is 5.34. The topological polar surface area (TPSA) is 35.8 Å². The molecule has 0 aromatic heterocycles. The molecule has 11 heavy (non-hydrogen) atoms. The lowest BCUT2D eigenvalue weighted by Gasteiger charge is -2.02. The zero-order valence-corrected chi connectivity index (χ0v) is 6.60. The number of anilines is 1. The van der Waals surface area contributed by atoms with Crippen LogP contribution in [0.25, 0.3) is 0 Å². The summed E-state index contributed by atoms with van der Waals surface area (Å²) in [4.78, 5) is 0. The molecule has 1 aromatic rings. The van der Waals surface area contributed by atoms with E-state index in [1.54, 1.807) is 6.07 Å². The number of halogens is 1. The van der Waals surface area contributed by atoms with Gasteiger partial charge in [0.2, 0.25) is 0 Å². The Hall–Kier alpha value is -1.20. The molecule has 1 aromatic carbocycles. The van der Waals surface area contributed by atoms with Crippen LogP contribution in [0.15, 0.2) is 24.3 Å². The average molecular weight is 167 g/mol. The van der Waals surface area contributed by atoms with Crippen molar-refractivity contribution < 1.29 is 0 Å². The van der Waals surface area contributed by atoms with E-state index in [1.165, 1.54) is 0 Å². The van der Waals surface area contributed by atoms with Crippen LogP contribution in [0, 0.1) is 11.3 Å². The summed E-state index contributed by atoms with van der Waals surface area (Å²) in [7, 11) is 0. The van der Waals surface area contributed by atoms with E-state index in [9.17, 15) is 0 Å². The second kappa shape index (κ2) is 3.85. The highest BCUT2D eigenvalue weighted by atomic mass is 35.5. The molecular weight excluding hydrogens is 160 g/mol. The first-order valence-electron chi connectivity index (χ1n) is 3.20. The largest absolute Gasteiger partial charge is 0.371 e. The Morgan fingerprint density at radius 1 is 1.45 bits per heavy atom. The molecule has 56 valence electrons. The van der Waals surface area contributed by atoms with Gasteiger partial charge in [-0.1, -0.05) is 23.7 Å². The van der Waals surface area contributed by atoms with E-state index in [2.05, 4.69) is 5.32 Å². The number of hydrogen-bond donors (Lipinski definition) is 1. The fraction of sp³-hybridized carbons (Fsp3) is 0.125. The molecule has 0 radical (unpaired) electrons. The number of rotatable bonds is 2. The number of nitrogens with zero attached hydrogens (tertiary/aromatic N) is 1. The van der Waals surface area contributed by atoms with Crippen molar-refractivity contribution in [3.8, 4) is 6.07 Å². The molecule has 0 amide bonds. The van der Waals surface area contributed by atoms with Crippen molar-refractivity contribution in [1.29, 1.82) is 5.26 Å². The number of hydrogen-bond acceptors (Lipinski definition) is 2. The van der Waals surface area contributed by atoms with Gasteiger partial charge in [-0.15, -0.1) is 0 Å².